The molecule has 1 fully saturated rings. The Balaban J connectivity index is 2.02. The lowest BCUT2D eigenvalue weighted by atomic mass is 9.94. The van der Waals surface area contributed by atoms with Gasteiger partial charge in [-0.25, -0.2) is 0 Å². The molecule has 2 aliphatic heterocycles. The Kier molecular flexibility index (Phi) is 3.08. The number of nitriles is 1. The van der Waals surface area contributed by atoms with Crippen LogP contribution >= 0.6 is 0 Å². The maximum Gasteiger partial charge on any atom is 0.125 e. The molecule has 4 nitrogen and oxygen atoms in total. The fourth-order valence-electron chi connectivity index (χ4n) is 2.88. The first-order valence-electron chi connectivity index (χ1n) is 6.61. The van der Waals surface area contributed by atoms with E-state index in [0.717, 1.165) is 29.9 Å². The van der Waals surface area contributed by atoms with Crippen LogP contribution in [0.25, 0.3) is 0 Å². The fourth-order valence-corrected chi connectivity index (χ4v) is 2.88. The van der Waals surface area contributed by atoms with Crippen molar-refractivity contribution < 1.29 is 14.2 Å². The molecule has 2 heterocycles. The van der Waals surface area contributed by atoms with Gasteiger partial charge in [0.05, 0.1) is 19.1 Å². The average Bonchev–Trinajstić information content (AvgIpc) is 3.00. The van der Waals surface area contributed by atoms with Crippen LogP contribution in [0.5, 0.6) is 11.5 Å². The molecule has 0 amide bonds. The lowest BCUT2D eigenvalue weighted by Crippen LogP contribution is -2.08. The summed E-state index contributed by atoms with van der Waals surface area (Å²) in [5.41, 5.74) is 2.10. The summed E-state index contributed by atoms with van der Waals surface area (Å²) in [4.78, 5) is 0. The van der Waals surface area contributed by atoms with E-state index in [1.165, 1.54) is 5.56 Å². The topological polar surface area (TPSA) is 51.5 Å². The largest absolute Gasteiger partial charge is 0.496 e. The Bertz CT molecular complexity index is 535. The zero-order valence-corrected chi connectivity index (χ0v) is 11.2. The van der Waals surface area contributed by atoms with Crippen LogP contribution < -0.4 is 9.47 Å². The summed E-state index contributed by atoms with van der Waals surface area (Å²) in [6.07, 6.45) is 1.67. The molecule has 1 saturated heterocycles. The molecular formula is C15H17NO3. The fraction of sp³-hybridized carbons (Fsp3) is 0.533. The van der Waals surface area contributed by atoms with E-state index >= 15 is 0 Å². The predicted molar refractivity (Wildman–Crippen MR) is 69.2 cm³/mol. The van der Waals surface area contributed by atoms with E-state index in [9.17, 15) is 5.26 Å². The summed E-state index contributed by atoms with van der Waals surface area (Å²) in [7, 11) is 1.65. The van der Waals surface area contributed by atoms with Gasteiger partial charge in [-0.1, -0.05) is 0 Å². The van der Waals surface area contributed by atoms with Gasteiger partial charge in [0.15, 0.2) is 0 Å². The van der Waals surface area contributed by atoms with E-state index in [4.69, 9.17) is 14.2 Å². The van der Waals surface area contributed by atoms with E-state index in [1.54, 1.807) is 7.11 Å². The highest BCUT2D eigenvalue weighted by atomic mass is 16.5. The van der Waals surface area contributed by atoms with E-state index in [2.05, 4.69) is 13.0 Å². The number of nitrogens with zero attached hydrogens (tertiary/aromatic N) is 1. The summed E-state index contributed by atoms with van der Waals surface area (Å²) < 4.78 is 17.0. The Hall–Kier alpha value is -1.73. The molecule has 3 rings (SSSR count). The van der Waals surface area contributed by atoms with Crippen molar-refractivity contribution in [2.75, 3.05) is 13.7 Å². The average molecular weight is 259 g/mol. The van der Waals surface area contributed by atoms with Crippen LogP contribution in [0.1, 0.15) is 30.6 Å². The lowest BCUT2D eigenvalue weighted by molar-refractivity contribution is 0.0981. The second-order valence-corrected chi connectivity index (χ2v) is 5.15. The van der Waals surface area contributed by atoms with Gasteiger partial charge in [-0.2, -0.15) is 5.26 Å². The molecule has 2 aliphatic rings. The standard InChI is InChI=1S/C15H17NO3/c1-9-5-11-6-14(17-2)12(7-13(11)19-9)15-10(8-16)3-4-18-15/h6-7,9-10,15H,3-5H2,1-2H3. The van der Waals surface area contributed by atoms with Crippen molar-refractivity contribution in [3.63, 3.8) is 0 Å². The van der Waals surface area contributed by atoms with Crippen molar-refractivity contribution in [2.24, 2.45) is 5.92 Å². The third-order valence-electron chi connectivity index (χ3n) is 3.81. The molecule has 3 atom stereocenters. The first-order valence-corrected chi connectivity index (χ1v) is 6.61. The van der Waals surface area contributed by atoms with Gasteiger partial charge < -0.3 is 14.2 Å². The van der Waals surface area contributed by atoms with Gasteiger partial charge in [-0.15, -0.1) is 0 Å². The van der Waals surface area contributed by atoms with Gasteiger partial charge in [0, 0.05) is 24.2 Å². The summed E-state index contributed by atoms with van der Waals surface area (Å²) in [5.74, 6) is 1.59. The molecule has 3 unspecified atom stereocenters. The Morgan fingerprint density at radius 1 is 1.42 bits per heavy atom. The van der Waals surface area contributed by atoms with Crippen LogP contribution in [0, 0.1) is 17.2 Å². The summed E-state index contributed by atoms with van der Waals surface area (Å²) in [6.45, 7) is 2.68. The van der Waals surface area contributed by atoms with Crippen LogP contribution in [0.3, 0.4) is 0 Å². The maximum atomic E-state index is 9.19. The minimum atomic E-state index is -0.204. The highest BCUT2D eigenvalue weighted by molar-refractivity contribution is 5.50. The summed E-state index contributed by atoms with van der Waals surface area (Å²) >= 11 is 0. The lowest BCUT2D eigenvalue weighted by Gasteiger charge is -2.18. The van der Waals surface area contributed by atoms with Crippen LogP contribution in [-0.2, 0) is 11.2 Å². The van der Waals surface area contributed by atoms with Crippen molar-refractivity contribution in [3.8, 4) is 17.6 Å². The number of benzene rings is 1. The monoisotopic (exact) mass is 259 g/mol. The molecule has 0 N–H and O–H groups in total. The number of hydrogen-bond donors (Lipinski definition) is 0. The number of methoxy groups -OCH3 is 1. The SMILES string of the molecule is COc1cc2c(cc1C1OCCC1C#N)OC(C)C2. The van der Waals surface area contributed by atoms with Gasteiger partial charge in [0.1, 0.15) is 23.7 Å². The van der Waals surface area contributed by atoms with E-state index in [-0.39, 0.29) is 18.1 Å². The van der Waals surface area contributed by atoms with Gasteiger partial charge >= 0.3 is 0 Å². The molecule has 0 bridgehead atoms. The van der Waals surface area contributed by atoms with Crippen LogP contribution in [0.15, 0.2) is 12.1 Å². The molecule has 1 aromatic rings. The smallest absolute Gasteiger partial charge is 0.125 e. The molecule has 0 radical (unpaired) electrons. The Morgan fingerprint density at radius 3 is 3.00 bits per heavy atom. The molecule has 0 spiro atoms. The Labute approximate surface area is 112 Å². The quantitative estimate of drug-likeness (QED) is 0.819. The van der Waals surface area contributed by atoms with Crippen molar-refractivity contribution in [1.29, 1.82) is 5.26 Å². The van der Waals surface area contributed by atoms with Gasteiger partial charge in [0.2, 0.25) is 0 Å². The highest BCUT2D eigenvalue weighted by Crippen LogP contribution is 2.43. The summed E-state index contributed by atoms with van der Waals surface area (Å²) in [5, 5.41) is 9.19. The summed E-state index contributed by atoms with van der Waals surface area (Å²) in [6, 6.07) is 6.32. The van der Waals surface area contributed by atoms with Crippen molar-refractivity contribution in [1.82, 2.24) is 0 Å². The van der Waals surface area contributed by atoms with Gasteiger partial charge in [-0.3, -0.25) is 0 Å². The minimum Gasteiger partial charge on any atom is -0.496 e. The Morgan fingerprint density at radius 2 is 2.26 bits per heavy atom. The third kappa shape index (κ3) is 2.04. The molecule has 1 aromatic carbocycles. The molecule has 0 aromatic heterocycles. The minimum absolute atomic E-state index is 0.106. The highest BCUT2D eigenvalue weighted by Gasteiger charge is 2.33. The zero-order chi connectivity index (χ0) is 13.4. The van der Waals surface area contributed by atoms with Crippen LogP contribution in [-0.4, -0.2) is 19.8 Å². The molecule has 19 heavy (non-hydrogen) atoms. The first-order chi connectivity index (χ1) is 9.22. The molecule has 100 valence electrons. The van der Waals surface area contributed by atoms with Gasteiger partial charge in [0.25, 0.3) is 0 Å². The van der Waals surface area contributed by atoms with E-state index in [0.29, 0.717) is 6.61 Å². The molecule has 0 aliphatic carbocycles. The van der Waals surface area contributed by atoms with Crippen LogP contribution in [0.2, 0.25) is 0 Å². The maximum absolute atomic E-state index is 9.19. The van der Waals surface area contributed by atoms with Crippen molar-refractivity contribution >= 4 is 0 Å². The zero-order valence-electron chi connectivity index (χ0n) is 11.2. The molecule has 0 saturated carbocycles. The number of hydrogen-bond acceptors (Lipinski definition) is 4. The second-order valence-electron chi connectivity index (χ2n) is 5.15. The molecule has 4 heteroatoms. The third-order valence-corrected chi connectivity index (χ3v) is 3.81. The number of rotatable bonds is 2. The van der Waals surface area contributed by atoms with E-state index in [1.807, 2.05) is 12.1 Å². The number of fused-ring (bicyclic) bond motifs is 1. The van der Waals surface area contributed by atoms with Gasteiger partial charge in [-0.05, 0) is 25.5 Å². The molecular weight excluding hydrogens is 242 g/mol. The first kappa shape index (κ1) is 12.3. The second kappa shape index (κ2) is 4.75. The van der Waals surface area contributed by atoms with Crippen molar-refractivity contribution in [2.45, 2.75) is 32.0 Å². The van der Waals surface area contributed by atoms with Crippen molar-refractivity contribution in [3.05, 3.63) is 23.3 Å². The predicted octanol–water partition coefficient (Wildman–Crippen LogP) is 2.62. The van der Waals surface area contributed by atoms with E-state index < -0.39 is 0 Å². The normalized spacial score (nSPS) is 28.6. The van der Waals surface area contributed by atoms with Crippen LogP contribution in [0.4, 0.5) is 0 Å². The number of ether oxygens (including phenoxy) is 3.